The molecule has 0 heterocycles. The van der Waals surface area contributed by atoms with Gasteiger partial charge in [-0.05, 0) is 24.1 Å². The summed E-state index contributed by atoms with van der Waals surface area (Å²) in [6.45, 7) is 2.80. The number of hydrogen-bond acceptors (Lipinski definition) is 2. The highest BCUT2D eigenvalue weighted by Crippen LogP contribution is 2.23. The van der Waals surface area contributed by atoms with E-state index < -0.39 is 0 Å². The number of unbranched alkanes of at least 4 members (excludes halogenated alkanes) is 11. The Hall–Kier alpha value is -1.83. The fourth-order valence-electron chi connectivity index (χ4n) is 3.69. The van der Waals surface area contributed by atoms with E-state index in [1.807, 2.05) is 24.3 Å². The van der Waals surface area contributed by atoms with E-state index in [9.17, 15) is 4.79 Å². The summed E-state index contributed by atoms with van der Waals surface area (Å²) in [5, 5.41) is 0. The Morgan fingerprint density at radius 3 is 1.79 bits per heavy atom. The normalized spacial score (nSPS) is 13.3. The maximum atomic E-state index is 12.1. The number of benzene rings is 1. The van der Waals surface area contributed by atoms with Gasteiger partial charge >= 0.3 is 5.97 Å². The predicted molar refractivity (Wildman–Crippen MR) is 119 cm³/mol. The van der Waals surface area contributed by atoms with Gasteiger partial charge in [0.25, 0.3) is 0 Å². The average molecular weight is 383 g/mol. The van der Waals surface area contributed by atoms with Crippen LogP contribution in [0.5, 0.6) is 0 Å². The first-order valence-corrected chi connectivity index (χ1v) is 11.4. The van der Waals surface area contributed by atoms with Crippen molar-refractivity contribution in [2.24, 2.45) is 0 Å². The number of carbonyl (C=O) groups excluding carboxylic acids is 1. The van der Waals surface area contributed by atoms with Crippen LogP contribution in [-0.2, 0) is 4.74 Å². The van der Waals surface area contributed by atoms with Gasteiger partial charge in [0.1, 0.15) is 0 Å². The first kappa shape index (κ1) is 22.5. The van der Waals surface area contributed by atoms with Crippen molar-refractivity contribution in [3.05, 3.63) is 59.7 Å². The topological polar surface area (TPSA) is 26.3 Å². The molecule has 0 unspecified atom stereocenters. The second kappa shape index (κ2) is 14.2. The van der Waals surface area contributed by atoms with E-state index in [4.69, 9.17) is 4.74 Å². The third kappa shape index (κ3) is 8.91. The molecule has 0 radical (unpaired) electrons. The number of carbonyl (C=O) groups is 1. The SMILES string of the molecule is CCCCCCCCCCCCCCOC(=O)c1ccc(C2C=CC=C2)cc1. The van der Waals surface area contributed by atoms with Gasteiger partial charge in [0.15, 0.2) is 0 Å². The zero-order valence-corrected chi connectivity index (χ0v) is 17.7. The average Bonchev–Trinajstić information content (AvgIpc) is 3.26. The number of esters is 1. The second-order valence-corrected chi connectivity index (χ2v) is 7.94. The lowest BCUT2D eigenvalue weighted by Gasteiger charge is -2.08. The van der Waals surface area contributed by atoms with E-state index in [1.54, 1.807) is 0 Å². The molecule has 2 rings (SSSR count). The van der Waals surface area contributed by atoms with Crippen LogP contribution in [0.25, 0.3) is 0 Å². The van der Waals surface area contributed by atoms with Crippen LogP contribution in [0.3, 0.4) is 0 Å². The van der Waals surface area contributed by atoms with Gasteiger partial charge in [-0.3, -0.25) is 0 Å². The highest BCUT2D eigenvalue weighted by Gasteiger charge is 2.10. The number of rotatable bonds is 15. The van der Waals surface area contributed by atoms with Crippen molar-refractivity contribution in [2.45, 2.75) is 89.9 Å². The zero-order chi connectivity index (χ0) is 19.9. The Balaban J connectivity index is 1.44. The molecule has 0 atom stereocenters. The molecule has 0 amide bonds. The third-order valence-electron chi connectivity index (χ3n) is 5.51. The summed E-state index contributed by atoms with van der Waals surface area (Å²) in [4.78, 5) is 12.1. The van der Waals surface area contributed by atoms with Crippen molar-refractivity contribution in [3.63, 3.8) is 0 Å². The molecule has 0 saturated heterocycles. The lowest BCUT2D eigenvalue weighted by molar-refractivity contribution is 0.0497. The Morgan fingerprint density at radius 2 is 1.25 bits per heavy atom. The molecule has 1 aliphatic carbocycles. The van der Waals surface area contributed by atoms with Crippen molar-refractivity contribution in [1.29, 1.82) is 0 Å². The molecule has 154 valence electrons. The van der Waals surface area contributed by atoms with Crippen LogP contribution in [0.2, 0.25) is 0 Å². The Kier molecular flexibility index (Phi) is 11.4. The number of allylic oxidation sites excluding steroid dienone is 4. The first-order valence-electron chi connectivity index (χ1n) is 11.4. The standard InChI is InChI=1S/C26H38O2/c1-2-3-4-5-6-7-8-9-10-11-12-15-22-28-26(27)25-20-18-24(19-21-25)23-16-13-14-17-23/h13-14,16-21,23H,2-12,15,22H2,1H3. The van der Waals surface area contributed by atoms with E-state index >= 15 is 0 Å². The minimum atomic E-state index is -0.202. The van der Waals surface area contributed by atoms with Gasteiger partial charge in [0.2, 0.25) is 0 Å². The smallest absolute Gasteiger partial charge is 0.338 e. The maximum absolute atomic E-state index is 12.1. The zero-order valence-electron chi connectivity index (χ0n) is 17.7. The summed E-state index contributed by atoms with van der Waals surface area (Å²) in [5.41, 5.74) is 1.86. The van der Waals surface area contributed by atoms with Crippen LogP contribution in [0.15, 0.2) is 48.6 Å². The van der Waals surface area contributed by atoms with Crippen molar-refractivity contribution >= 4 is 5.97 Å². The summed E-state index contributed by atoms with van der Waals surface area (Å²) in [6, 6.07) is 7.79. The molecule has 2 heteroatoms. The molecule has 1 aromatic carbocycles. The molecule has 0 fully saturated rings. The summed E-state index contributed by atoms with van der Waals surface area (Å²) in [7, 11) is 0. The molecule has 1 aromatic rings. The largest absolute Gasteiger partial charge is 0.462 e. The fourth-order valence-corrected chi connectivity index (χ4v) is 3.69. The van der Waals surface area contributed by atoms with Crippen molar-refractivity contribution in [1.82, 2.24) is 0 Å². The second-order valence-electron chi connectivity index (χ2n) is 7.94. The summed E-state index contributed by atoms with van der Waals surface area (Å²) >= 11 is 0. The highest BCUT2D eigenvalue weighted by molar-refractivity contribution is 5.89. The first-order chi connectivity index (χ1) is 13.8. The van der Waals surface area contributed by atoms with Gasteiger partial charge in [-0.15, -0.1) is 0 Å². The molecular weight excluding hydrogens is 344 g/mol. The quantitative estimate of drug-likeness (QED) is 0.229. The van der Waals surface area contributed by atoms with Crippen LogP contribution in [-0.4, -0.2) is 12.6 Å². The van der Waals surface area contributed by atoms with Gasteiger partial charge in [0, 0.05) is 5.92 Å². The van der Waals surface area contributed by atoms with Crippen LogP contribution in [0.4, 0.5) is 0 Å². The summed E-state index contributed by atoms with van der Waals surface area (Å²) in [6.07, 6.45) is 24.2. The Bertz CT molecular complexity index is 585. The van der Waals surface area contributed by atoms with Crippen LogP contribution >= 0.6 is 0 Å². The van der Waals surface area contributed by atoms with Crippen LogP contribution in [0.1, 0.15) is 106 Å². The van der Waals surface area contributed by atoms with Crippen molar-refractivity contribution in [3.8, 4) is 0 Å². The molecule has 0 aromatic heterocycles. The molecule has 0 spiro atoms. The van der Waals surface area contributed by atoms with E-state index in [0.29, 0.717) is 18.1 Å². The lowest BCUT2D eigenvalue weighted by atomic mass is 10.00. The van der Waals surface area contributed by atoms with Gasteiger partial charge in [-0.25, -0.2) is 4.79 Å². The molecule has 0 aliphatic heterocycles. The highest BCUT2D eigenvalue weighted by atomic mass is 16.5. The molecule has 2 nitrogen and oxygen atoms in total. The van der Waals surface area contributed by atoms with E-state index in [0.717, 1.165) is 12.8 Å². The third-order valence-corrected chi connectivity index (χ3v) is 5.51. The molecule has 28 heavy (non-hydrogen) atoms. The predicted octanol–water partition coefficient (Wildman–Crippen LogP) is 7.75. The molecule has 1 aliphatic rings. The molecule has 0 saturated carbocycles. The lowest BCUT2D eigenvalue weighted by Crippen LogP contribution is -2.06. The number of hydrogen-bond donors (Lipinski definition) is 0. The molecular formula is C26H38O2. The van der Waals surface area contributed by atoms with Gasteiger partial charge in [-0.1, -0.05) is 114 Å². The monoisotopic (exact) mass is 382 g/mol. The van der Waals surface area contributed by atoms with Gasteiger partial charge in [-0.2, -0.15) is 0 Å². The summed E-state index contributed by atoms with van der Waals surface area (Å²) in [5.74, 6) is 0.137. The van der Waals surface area contributed by atoms with Crippen molar-refractivity contribution in [2.75, 3.05) is 6.61 Å². The summed E-state index contributed by atoms with van der Waals surface area (Å²) < 4.78 is 5.42. The van der Waals surface area contributed by atoms with Crippen LogP contribution < -0.4 is 0 Å². The van der Waals surface area contributed by atoms with E-state index in [2.05, 4.69) is 31.2 Å². The van der Waals surface area contributed by atoms with Crippen LogP contribution in [0, 0.1) is 0 Å². The molecule has 0 N–H and O–H groups in total. The van der Waals surface area contributed by atoms with E-state index in [-0.39, 0.29) is 5.97 Å². The maximum Gasteiger partial charge on any atom is 0.338 e. The molecule has 0 bridgehead atoms. The van der Waals surface area contributed by atoms with Gasteiger partial charge in [0.05, 0.1) is 12.2 Å². The number of ether oxygens (including phenoxy) is 1. The van der Waals surface area contributed by atoms with E-state index in [1.165, 1.54) is 69.8 Å². The minimum absolute atomic E-state index is 0.202. The Labute approximate surface area is 172 Å². The Morgan fingerprint density at radius 1 is 0.750 bits per heavy atom. The fraction of sp³-hybridized carbons (Fsp3) is 0.577. The van der Waals surface area contributed by atoms with Crippen molar-refractivity contribution < 1.29 is 9.53 Å². The minimum Gasteiger partial charge on any atom is -0.462 e. The van der Waals surface area contributed by atoms with Gasteiger partial charge < -0.3 is 4.74 Å².